The summed E-state index contributed by atoms with van der Waals surface area (Å²) in [6.07, 6.45) is 0.146. The van der Waals surface area contributed by atoms with Gasteiger partial charge in [0, 0.05) is 22.6 Å². The molecule has 1 aromatic carbocycles. The summed E-state index contributed by atoms with van der Waals surface area (Å²) in [5, 5.41) is 3.99. The van der Waals surface area contributed by atoms with Crippen LogP contribution in [-0.2, 0) is 37.8 Å². The highest BCUT2D eigenvalue weighted by Gasteiger charge is 2.50. The van der Waals surface area contributed by atoms with E-state index in [9.17, 15) is 14.4 Å². The fourth-order valence-corrected chi connectivity index (χ4v) is 4.60. The monoisotopic (exact) mass is 447 g/mol. The number of aromatic nitrogens is 2. The Balaban J connectivity index is 1.65. The van der Waals surface area contributed by atoms with Crippen molar-refractivity contribution in [2.45, 2.75) is 52.0 Å². The van der Waals surface area contributed by atoms with E-state index in [4.69, 9.17) is 14.5 Å². The van der Waals surface area contributed by atoms with Gasteiger partial charge in [0.1, 0.15) is 6.61 Å². The van der Waals surface area contributed by atoms with Gasteiger partial charge in [0.05, 0.1) is 35.6 Å². The fraction of sp³-hybridized carbons (Fsp3) is 0.360. The molecule has 4 heterocycles. The summed E-state index contributed by atoms with van der Waals surface area (Å²) in [5.41, 5.74) is 1.86. The maximum absolute atomic E-state index is 13.5. The van der Waals surface area contributed by atoms with Crippen molar-refractivity contribution in [1.29, 1.82) is 0 Å². The van der Waals surface area contributed by atoms with Gasteiger partial charge in [-0.25, -0.2) is 9.78 Å². The number of pyridine rings is 2. The molecule has 0 spiro atoms. The maximum Gasteiger partial charge on any atom is 0.355 e. The number of esters is 2. The SMILES string of the molecule is CC[C@@]1(OC(=O)CNC(C)C)C(=O)OCc2c1cc1n(c2=O)Cc2cc3ccccc3nc2-1. The van der Waals surface area contributed by atoms with Crippen LogP contribution in [0, 0.1) is 0 Å². The van der Waals surface area contributed by atoms with Gasteiger partial charge in [-0.15, -0.1) is 0 Å². The Hall–Kier alpha value is -3.52. The van der Waals surface area contributed by atoms with E-state index in [1.807, 2.05) is 44.2 Å². The molecule has 0 saturated carbocycles. The summed E-state index contributed by atoms with van der Waals surface area (Å²) in [7, 11) is 0. The normalized spacial score (nSPS) is 18.6. The molecule has 1 N–H and O–H groups in total. The average molecular weight is 447 g/mol. The van der Waals surface area contributed by atoms with Crippen molar-refractivity contribution in [2.24, 2.45) is 0 Å². The molecule has 8 nitrogen and oxygen atoms in total. The van der Waals surface area contributed by atoms with Gasteiger partial charge < -0.3 is 19.4 Å². The number of benzene rings is 1. The number of hydrogen-bond donors (Lipinski definition) is 1. The molecule has 0 saturated heterocycles. The molecule has 170 valence electrons. The molecule has 1 atom stereocenters. The van der Waals surface area contributed by atoms with Gasteiger partial charge in [-0.2, -0.15) is 0 Å². The zero-order chi connectivity index (χ0) is 23.3. The van der Waals surface area contributed by atoms with E-state index < -0.39 is 17.5 Å². The molecule has 0 bridgehead atoms. The number of nitrogens with one attached hydrogen (secondary N) is 1. The minimum atomic E-state index is -1.67. The molecule has 0 fully saturated rings. The van der Waals surface area contributed by atoms with E-state index in [-0.39, 0.29) is 31.2 Å². The molecule has 33 heavy (non-hydrogen) atoms. The molecule has 2 aliphatic rings. The fourth-order valence-electron chi connectivity index (χ4n) is 4.60. The number of hydrogen-bond acceptors (Lipinski definition) is 7. The number of ether oxygens (including phenoxy) is 2. The second kappa shape index (κ2) is 7.81. The Morgan fingerprint density at radius 3 is 2.82 bits per heavy atom. The topological polar surface area (TPSA) is 99.5 Å². The number of nitrogens with zero attached hydrogens (tertiary/aromatic N) is 2. The lowest BCUT2D eigenvalue weighted by molar-refractivity contribution is -0.189. The molecular weight excluding hydrogens is 422 g/mol. The number of rotatable bonds is 5. The summed E-state index contributed by atoms with van der Waals surface area (Å²) in [4.78, 5) is 43.8. The van der Waals surface area contributed by atoms with Gasteiger partial charge >= 0.3 is 11.9 Å². The summed E-state index contributed by atoms with van der Waals surface area (Å²) >= 11 is 0. The van der Waals surface area contributed by atoms with Gasteiger partial charge in [0.25, 0.3) is 5.56 Å². The third kappa shape index (κ3) is 3.33. The molecule has 3 aromatic rings. The molecule has 0 radical (unpaired) electrons. The van der Waals surface area contributed by atoms with Crippen LogP contribution in [0.5, 0.6) is 0 Å². The summed E-state index contributed by atoms with van der Waals surface area (Å²) < 4.78 is 12.7. The first-order chi connectivity index (χ1) is 15.8. The third-order valence-corrected chi connectivity index (χ3v) is 6.33. The van der Waals surface area contributed by atoms with Crippen LogP contribution in [-0.4, -0.2) is 34.1 Å². The lowest BCUT2D eigenvalue weighted by Gasteiger charge is -2.35. The van der Waals surface area contributed by atoms with E-state index in [0.717, 1.165) is 16.5 Å². The van der Waals surface area contributed by atoms with Crippen LogP contribution in [0.15, 0.2) is 41.2 Å². The van der Waals surface area contributed by atoms with Crippen LogP contribution >= 0.6 is 0 Å². The third-order valence-electron chi connectivity index (χ3n) is 6.33. The first-order valence-corrected chi connectivity index (χ1v) is 11.1. The van der Waals surface area contributed by atoms with Gasteiger partial charge in [0.2, 0.25) is 5.60 Å². The summed E-state index contributed by atoms with van der Waals surface area (Å²) in [6, 6.07) is 11.7. The van der Waals surface area contributed by atoms with Gasteiger partial charge in [-0.05, 0) is 24.6 Å². The Labute approximate surface area is 190 Å². The molecule has 5 rings (SSSR count). The van der Waals surface area contributed by atoms with Crippen molar-refractivity contribution < 1.29 is 19.1 Å². The second-order valence-electron chi connectivity index (χ2n) is 8.77. The van der Waals surface area contributed by atoms with Crippen molar-refractivity contribution in [1.82, 2.24) is 14.9 Å². The predicted molar refractivity (Wildman–Crippen MR) is 122 cm³/mol. The van der Waals surface area contributed by atoms with Crippen LogP contribution < -0.4 is 10.9 Å². The predicted octanol–water partition coefficient (Wildman–Crippen LogP) is 2.63. The van der Waals surface area contributed by atoms with E-state index >= 15 is 0 Å². The highest BCUT2D eigenvalue weighted by molar-refractivity contribution is 5.88. The van der Waals surface area contributed by atoms with Crippen molar-refractivity contribution >= 4 is 22.8 Å². The Kier molecular flexibility index (Phi) is 5.05. The lowest BCUT2D eigenvalue weighted by Crippen LogP contribution is -2.48. The highest BCUT2D eigenvalue weighted by Crippen LogP contribution is 2.40. The quantitative estimate of drug-likeness (QED) is 0.470. The first kappa shape index (κ1) is 21.3. The largest absolute Gasteiger partial charge is 0.457 e. The molecule has 0 aliphatic carbocycles. The molecule has 0 unspecified atom stereocenters. The zero-order valence-corrected chi connectivity index (χ0v) is 18.8. The van der Waals surface area contributed by atoms with Crippen LogP contribution in [0.25, 0.3) is 22.3 Å². The van der Waals surface area contributed by atoms with Gasteiger partial charge in [0.15, 0.2) is 0 Å². The minimum absolute atomic E-state index is 0.0532. The highest BCUT2D eigenvalue weighted by atomic mass is 16.6. The van der Waals surface area contributed by atoms with Crippen molar-refractivity contribution in [2.75, 3.05) is 6.54 Å². The lowest BCUT2D eigenvalue weighted by atomic mass is 9.85. The van der Waals surface area contributed by atoms with E-state index in [0.29, 0.717) is 29.1 Å². The van der Waals surface area contributed by atoms with E-state index in [1.165, 1.54) is 0 Å². The van der Waals surface area contributed by atoms with Crippen LogP contribution in [0.4, 0.5) is 0 Å². The number of cyclic esters (lactones) is 1. The van der Waals surface area contributed by atoms with E-state index in [1.54, 1.807) is 17.6 Å². The zero-order valence-electron chi connectivity index (χ0n) is 18.8. The molecule has 2 aromatic heterocycles. The minimum Gasteiger partial charge on any atom is -0.457 e. The Morgan fingerprint density at radius 2 is 2.06 bits per heavy atom. The smallest absolute Gasteiger partial charge is 0.355 e. The van der Waals surface area contributed by atoms with Crippen molar-refractivity contribution in [3.05, 3.63) is 63.4 Å². The summed E-state index contributed by atoms with van der Waals surface area (Å²) in [6.45, 7) is 5.74. The number of para-hydroxylation sites is 1. The van der Waals surface area contributed by atoms with Crippen LogP contribution in [0.3, 0.4) is 0 Å². The molecule has 0 amide bonds. The van der Waals surface area contributed by atoms with Crippen LogP contribution in [0.2, 0.25) is 0 Å². The van der Waals surface area contributed by atoms with E-state index in [2.05, 4.69) is 5.32 Å². The second-order valence-corrected chi connectivity index (χ2v) is 8.77. The summed E-state index contributed by atoms with van der Waals surface area (Å²) in [5.74, 6) is -1.25. The maximum atomic E-state index is 13.5. The first-order valence-electron chi connectivity index (χ1n) is 11.1. The number of fused-ring (bicyclic) bond motifs is 5. The molecular formula is C25H25N3O5. The number of carbonyl (C=O) groups excluding carboxylic acids is 2. The van der Waals surface area contributed by atoms with Gasteiger partial charge in [-0.3, -0.25) is 9.59 Å². The van der Waals surface area contributed by atoms with Crippen molar-refractivity contribution in [3.8, 4) is 11.4 Å². The molecule has 2 aliphatic heterocycles. The Morgan fingerprint density at radius 1 is 1.27 bits per heavy atom. The number of carbonyl (C=O) groups is 2. The Bertz CT molecular complexity index is 1360. The van der Waals surface area contributed by atoms with Crippen molar-refractivity contribution in [3.63, 3.8) is 0 Å². The molecule has 8 heteroatoms. The van der Waals surface area contributed by atoms with Crippen LogP contribution in [0.1, 0.15) is 43.9 Å². The van der Waals surface area contributed by atoms with Gasteiger partial charge in [-0.1, -0.05) is 39.0 Å². The standard InChI is InChI=1S/C25H25N3O5/c1-4-25(33-21(29)11-26-14(2)3)18-10-20-22-16(9-15-7-5-6-8-19(15)27-22)12-28(20)23(30)17(18)13-32-24(25)31/h5-10,14,26H,4,11-13H2,1-3H3/t25-/m0/s1. The average Bonchev–Trinajstić information content (AvgIpc) is 3.16.